The maximum atomic E-state index is 15.3. The summed E-state index contributed by atoms with van der Waals surface area (Å²) in [6.45, 7) is 0. The summed E-state index contributed by atoms with van der Waals surface area (Å²) in [6.07, 6.45) is -5.49. The first-order valence-corrected chi connectivity index (χ1v) is 13.1. The predicted molar refractivity (Wildman–Crippen MR) is 101 cm³/mol. The number of aromatic amines is 1. The van der Waals surface area contributed by atoms with Crippen molar-refractivity contribution in [3.63, 3.8) is 0 Å². The van der Waals surface area contributed by atoms with Gasteiger partial charge in [0.25, 0.3) is 5.56 Å². The Labute approximate surface area is 185 Å². The first-order chi connectivity index (χ1) is 15.5. The Morgan fingerprint density at radius 3 is 2.44 bits per heavy atom. The van der Waals surface area contributed by atoms with Crippen LogP contribution in [-0.2, 0) is 36.3 Å². The van der Waals surface area contributed by atoms with Gasteiger partial charge in [0.05, 0.1) is 6.33 Å². The fourth-order valence-electron chi connectivity index (χ4n) is 3.57. The van der Waals surface area contributed by atoms with Gasteiger partial charge in [-0.3, -0.25) is 18.9 Å². The van der Waals surface area contributed by atoms with E-state index in [1.807, 2.05) is 0 Å². The van der Waals surface area contributed by atoms with Crippen molar-refractivity contribution in [1.29, 1.82) is 0 Å². The van der Waals surface area contributed by atoms with Crippen LogP contribution in [0.1, 0.15) is 6.23 Å². The second kappa shape index (κ2) is 7.68. The van der Waals surface area contributed by atoms with Gasteiger partial charge in [-0.2, -0.15) is 13.6 Å². The van der Waals surface area contributed by atoms with Crippen molar-refractivity contribution >= 4 is 40.6 Å². The quantitative estimate of drug-likeness (QED) is 0.181. The SMILES string of the molecule is CO[C@]12O[C@@H](n3cnc4c(=O)[nH]c(N)nc43)[C@H](F)[C@@]1(O)C2OP(=O)(O)OP(=O)(O)OP(=O)(O)O. The van der Waals surface area contributed by atoms with E-state index in [4.69, 9.17) is 25.0 Å². The molecule has 34 heavy (non-hydrogen) atoms. The number of nitrogens with one attached hydrogen (secondary N) is 1. The summed E-state index contributed by atoms with van der Waals surface area (Å²) in [5.41, 5.74) is 1.39. The highest BCUT2D eigenvalue weighted by molar-refractivity contribution is 7.66. The minimum atomic E-state index is -5.87. The van der Waals surface area contributed by atoms with Gasteiger partial charge in [-0.05, 0) is 0 Å². The topological polar surface area (TPSA) is 288 Å². The Morgan fingerprint density at radius 1 is 1.24 bits per heavy atom. The molecule has 19 nitrogen and oxygen atoms in total. The van der Waals surface area contributed by atoms with E-state index in [2.05, 4.69) is 28.1 Å². The van der Waals surface area contributed by atoms with Crippen molar-refractivity contribution in [2.75, 3.05) is 12.8 Å². The lowest BCUT2D eigenvalue weighted by molar-refractivity contribution is -0.202. The standard InChI is InChI=1S/C11H15FN5O14P3/c1-27-11-8(29-33(23,24)31-34(25,26)30-32(20,21)22)10(11,19)4(12)7(28-11)17-2-14-3-5(17)15-9(13)16-6(3)18/h2,4,7-8,19H,1H3,(H,23,24)(H,25,26)(H2,20,21,22)(H3,13,15,16,18)/t4-,7+,8?,10+,11+/m0/s1. The Balaban J connectivity index is 1.59. The maximum Gasteiger partial charge on any atom is 0.490 e. The van der Waals surface area contributed by atoms with E-state index >= 15 is 4.39 Å². The number of ether oxygens (including phenoxy) is 2. The van der Waals surface area contributed by atoms with Crippen LogP contribution in [0, 0.1) is 0 Å². The first-order valence-electron chi connectivity index (χ1n) is 8.60. The van der Waals surface area contributed by atoms with Crippen LogP contribution in [0.15, 0.2) is 11.1 Å². The number of fused-ring (bicyclic) bond motifs is 2. The average molecular weight is 553 g/mol. The molecule has 0 radical (unpaired) electrons. The minimum Gasteiger partial charge on any atom is -0.379 e. The van der Waals surface area contributed by atoms with Crippen molar-refractivity contribution in [1.82, 2.24) is 19.5 Å². The Morgan fingerprint density at radius 2 is 1.88 bits per heavy atom. The molecule has 3 heterocycles. The molecule has 2 aromatic rings. The number of anilines is 1. The Kier molecular flexibility index (Phi) is 5.75. The van der Waals surface area contributed by atoms with E-state index in [0.29, 0.717) is 0 Å². The van der Waals surface area contributed by atoms with Gasteiger partial charge in [-0.1, -0.05) is 0 Å². The molecule has 190 valence electrons. The molecule has 2 aliphatic rings. The van der Waals surface area contributed by atoms with Crippen molar-refractivity contribution in [2.24, 2.45) is 0 Å². The first kappa shape index (κ1) is 25.5. The summed E-state index contributed by atoms with van der Waals surface area (Å²) >= 11 is 0. The van der Waals surface area contributed by atoms with Gasteiger partial charge in [-0.15, -0.1) is 0 Å². The zero-order valence-corrected chi connectivity index (χ0v) is 19.0. The predicted octanol–water partition coefficient (Wildman–Crippen LogP) is -1.63. The van der Waals surface area contributed by atoms with Gasteiger partial charge in [-0.25, -0.2) is 23.1 Å². The Hall–Kier alpha value is -1.63. The molecule has 1 saturated heterocycles. The van der Waals surface area contributed by atoms with Gasteiger partial charge >= 0.3 is 23.5 Å². The summed E-state index contributed by atoms with van der Waals surface area (Å²) in [5.74, 6) is -2.82. The van der Waals surface area contributed by atoms with Crippen LogP contribution in [0.5, 0.6) is 0 Å². The lowest BCUT2D eigenvalue weighted by Gasteiger charge is -2.24. The highest BCUT2D eigenvalue weighted by Crippen LogP contribution is 2.72. The number of H-pyrrole nitrogens is 1. The third kappa shape index (κ3) is 3.96. The largest absolute Gasteiger partial charge is 0.490 e. The number of nitrogens with two attached hydrogens (primary N) is 1. The average Bonchev–Trinajstić information content (AvgIpc) is 2.92. The van der Waals surface area contributed by atoms with Gasteiger partial charge in [0.2, 0.25) is 11.7 Å². The summed E-state index contributed by atoms with van der Waals surface area (Å²) < 4.78 is 72.4. The number of hydrogen-bond acceptors (Lipinski definition) is 13. The van der Waals surface area contributed by atoms with E-state index in [1.165, 1.54) is 0 Å². The van der Waals surface area contributed by atoms with E-state index in [1.54, 1.807) is 0 Å². The summed E-state index contributed by atoms with van der Waals surface area (Å²) in [5, 5.41) is 10.8. The minimum absolute atomic E-state index is 0.241. The molecule has 7 atom stereocenters. The van der Waals surface area contributed by atoms with Crippen molar-refractivity contribution in [3.8, 4) is 0 Å². The second-order valence-corrected chi connectivity index (χ2v) is 11.3. The Bertz CT molecular complexity index is 1360. The number of rotatable bonds is 8. The van der Waals surface area contributed by atoms with Gasteiger partial charge in [0.1, 0.15) is 0 Å². The third-order valence-electron chi connectivity index (χ3n) is 4.87. The van der Waals surface area contributed by atoms with Crippen LogP contribution in [0.3, 0.4) is 0 Å². The van der Waals surface area contributed by atoms with Gasteiger partial charge in [0, 0.05) is 7.11 Å². The molecule has 0 amide bonds. The van der Waals surface area contributed by atoms with Gasteiger partial charge < -0.3 is 39.9 Å². The van der Waals surface area contributed by atoms with Crippen LogP contribution in [0.25, 0.3) is 11.2 Å². The molecule has 3 unspecified atom stereocenters. The molecule has 8 N–H and O–H groups in total. The molecule has 0 aromatic carbocycles. The second-order valence-electron chi connectivity index (χ2n) is 6.96. The summed E-state index contributed by atoms with van der Waals surface area (Å²) in [7, 11) is -16.4. The fraction of sp³-hybridized carbons (Fsp3) is 0.545. The lowest BCUT2D eigenvalue weighted by atomic mass is 10.2. The number of imidazole rings is 1. The van der Waals surface area contributed by atoms with Crippen LogP contribution in [0.2, 0.25) is 0 Å². The normalized spacial score (nSPS) is 34.5. The van der Waals surface area contributed by atoms with Crippen LogP contribution in [-0.4, -0.2) is 75.0 Å². The third-order valence-corrected chi connectivity index (χ3v) is 8.67. The highest BCUT2D eigenvalue weighted by Gasteiger charge is 2.92. The molecule has 1 aliphatic heterocycles. The maximum absolute atomic E-state index is 15.3. The molecule has 1 aliphatic carbocycles. The zero-order chi connectivity index (χ0) is 25.5. The molecule has 2 aromatic heterocycles. The van der Waals surface area contributed by atoms with Crippen molar-refractivity contribution in [3.05, 3.63) is 16.7 Å². The van der Waals surface area contributed by atoms with E-state index in [-0.39, 0.29) is 17.1 Å². The van der Waals surface area contributed by atoms with E-state index in [0.717, 1.165) is 18.0 Å². The molecule has 0 spiro atoms. The molecule has 1 saturated carbocycles. The number of aliphatic hydroxyl groups is 1. The number of alkyl halides is 1. The summed E-state index contributed by atoms with van der Waals surface area (Å²) in [4.78, 5) is 57.7. The van der Waals surface area contributed by atoms with Gasteiger partial charge in [0.15, 0.2) is 35.3 Å². The number of phosphoric acid groups is 3. The molecule has 4 rings (SSSR count). The zero-order valence-electron chi connectivity index (χ0n) is 16.4. The molecule has 2 fully saturated rings. The number of aromatic nitrogens is 4. The number of methoxy groups -OCH3 is 1. The lowest BCUT2D eigenvalue weighted by Crippen LogP contribution is -2.34. The monoisotopic (exact) mass is 553 g/mol. The van der Waals surface area contributed by atoms with E-state index in [9.17, 15) is 33.4 Å². The van der Waals surface area contributed by atoms with E-state index < -0.39 is 58.9 Å². The van der Waals surface area contributed by atoms with Crippen molar-refractivity contribution in [2.45, 2.75) is 29.9 Å². The number of hydrogen-bond donors (Lipinski definition) is 7. The highest BCUT2D eigenvalue weighted by atomic mass is 31.3. The smallest absolute Gasteiger partial charge is 0.379 e. The molecular weight excluding hydrogens is 538 g/mol. The van der Waals surface area contributed by atoms with Crippen LogP contribution in [0.4, 0.5) is 10.3 Å². The number of nitrogen functional groups attached to an aromatic ring is 1. The van der Waals surface area contributed by atoms with Crippen LogP contribution >= 0.6 is 23.5 Å². The summed E-state index contributed by atoms with van der Waals surface area (Å²) in [6, 6.07) is 0. The van der Waals surface area contributed by atoms with Crippen molar-refractivity contribution < 1.29 is 65.4 Å². The van der Waals surface area contributed by atoms with Crippen LogP contribution < -0.4 is 11.3 Å². The molecular formula is C11H15FN5O14P3. The number of halogens is 1. The number of phosphoric ester groups is 1. The molecule has 0 bridgehead atoms. The molecule has 23 heteroatoms. The number of nitrogens with zero attached hydrogens (tertiary/aromatic N) is 3. The fourth-order valence-corrected chi connectivity index (χ4v) is 6.80.